The van der Waals surface area contributed by atoms with Crippen molar-refractivity contribution in [3.8, 4) is 0 Å². The van der Waals surface area contributed by atoms with E-state index in [0.29, 0.717) is 41.7 Å². The van der Waals surface area contributed by atoms with Crippen molar-refractivity contribution in [1.82, 2.24) is 34.6 Å². The van der Waals surface area contributed by atoms with Crippen molar-refractivity contribution < 1.29 is 14.7 Å². The van der Waals surface area contributed by atoms with E-state index < -0.39 is 11.2 Å². The van der Waals surface area contributed by atoms with Crippen molar-refractivity contribution in [2.45, 2.75) is 52.3 Å². The first-order valence-electron chi connectivity index (χ1n) is 13.7. The minimum absolute atomic E-state index is 0.0751. The number of aromatic nitrogens is 5. The van der Waals surface area contributed by atoms with Gasteiger partial charge in [-0.2, -0.15) is 0 Å². The molecule has 1 aliphatic heterocycles. The summed E-state index contributed by atoms with van der Waals surface area (Å²) in [5, 5.41) is 23.2. The van der Waals surface area contributed by atoms with Crippen LogP contribution in [-0.4, -0.2) is 79.7 Å². The smallest absolute Gasteiger partial charge is 0.320 e. The Kier molecular flexibility index (Phi) is 10.6. The maximum absolute atomic E-state index is 12.3. The van der Waals surface area contributed by atoms with E-state index in [0.717, 1.165) is 25.3 Å². The Morgan fingerprint density at radius 2 is 2.02 bits per heavy atom. The van der Waals surface area contributed by atoms with Crippen LogP contribution in [0.15, 0.2) is 54.5 Å². The maximum Gasteiger partial charge on any atom is 0.320 e. The summed E-state index contributed by atoms with van der Waals surface area (Å²) in [7, 11) is 1.99. The number of imidazole rings is 1. The fourth-order valence-electron chi connectivity index (χ4n) is 4.59. The number of aliphatic hydroxyl groups is 1. The van der Waals surface area contributed by atoms with Crippen LogP contribution in [0.1, 0.15) is 43.2 Å². The van der Waals surface area contributed by atoms with Crippen molar-refractivity contribution in [3.63, 3.8) is 0 Å². The summed E-state index contributed by atoms with van der Waals surface area (Å²) in [6.07, 6.45) is 8.01. The lowest BCUT2D eigenvalue weighted by Crippen LogP contribution is -2.32. The predicted octanol–water partition coefficient (Wildman–Crippen LogP) is 2.42. The van der Waals surface area contributed by atoms with Crippen LogP contribution in [0.4, 0.5) is 16.4 Å². The van der Waals surface area contributed by atoms with Crippen molar-refractivity contribution in [2.75, 3.05) is 36.9 Å². The number of urea groups is 1. The average molecular weight is 580 g/mol. The molecule has 3 aromatic rings. The molecule has 0 aliphatic carbocycles. The SMILES string of the molecule is C=C/C=C(\C=C)n1c(=O)c(C=O)c(C)n1CC(C)(C)O.CCNC(=O)Nc1cn2nc(N3CCC(NC)C3)ccc2n1. The van der Waals surface area contributed by atoms with Gasteiger partial charge in [0.25, 0.3) is 5.56 Å². The second-order valence-corrected chi connectivity index (χ2v) is 10.5. The molecule has 13 nitrogen and oxygen atoms in total. The number of fused-ring (bicyclic) bond motifs is 1. The van der Waals surface area contributed by atoms with E-state index >= 15 is 0 Å². The second kappa shape index (κ2) is 13.9. The molecule has 1 aliphatic rings. The van der Waals surface area contributed by atoms with Gasteiger partial charge in [-0.15, -0.1) is 5.10 Å². The van der Waals surface area contributed by atoms with Gasteiger partial charge in [0.1, 0.15) is 11.4 Å². The van der Waals surface area contributed by atoms with E-state index in [1.54, 1.807) is 42.2 Å². The van der Waals surface area contributed by atoms with Crippen molar-refractivity contribution in [1.29, 1.82) is 0 Å². The van der Waals surface area contributed by atoms with E-state index in [1.165, 1.54) is 16.8 Å². The molecule has 0 saturated carbocycles. The van der Waals surface area contributed by atoms with Gasteiger partial charge >= 0.3 is 6.03 Å². The molecule has 0 spiro atoms. The molecule has 1 atom stereocenters. The van der Waals surface area contributed by atoms with Gasteiger partial charge in [-0.1, -0.05) is 19.2 Å². The number of allylic oxidation sites excluding steroid dienone is 4. The minimum Gasteiger partial charge on any atom is -0.389 e. The normalized spacial score (nSPS) is 15.2. The number of likely N-dealkylation sites (N-methyl/N-ethyl adjacent to an activating group) is 1. The predicted molar refractivity (Wildman–Crippen MR) is 165 cm³/mol. The molecule has 226 valence electrons. The van der Waals surface area contributed by atoms with E-state index in [2.05, 4.69) is 44.1 Å². The Bertz CT molecular complexity index is 1520. The number of anilines is 2. The van der Waals surface area contributed by atoms with Crippen molar-refractivity contribution in [2.24, 2.45) is 0 Å². The molecule has 0 aromatic carbocycles. The Morgan fingerprint density at radius 1 is 1.29 bits per heavy atom. The highest BCUT2D eigenvalue weighted by atomic mass is 16.3. The first-order valence-corrected chi connectivity index (χ1v) is 13.7. The zero-order chi connectivity index (χ0) is 31.0. The van der Waals surface area contributed by atoms with Gasteiger partial charge < -0.3 is 20.6 Å². The Balaban J connectivity index is 0.000000232. The van der Waals surface area contributed by atoms with Gasteiger partial charge in [0, 0.05) is 31.4 Å². The molecule has 13 heteroatoms. The number of nitrogens with zero attached hydrogens (tertiary/aromatic N) is 6. The third kappa shape index (κ3) is 7.62. The van der Waals surface area contributed by atoms with Crippen LogP contribution in [0.5, 0.6) is 0 Å². The van der Waals surface area contributed by atoms with Gasteiger partial charge in [0.2, 0.25) is 0 Å². The average Bonchev–Trinajstić information content (AvgIpc) is 3.63. The molecular formula is C29H41N9O4. The van der Waals surface area contributed by atoms with Gasteiger partial charge in [-0.3, -0.25) is 19.6 Å². The maximum atomic E-state index is 12.3. The van der Waals surface area contributed by atoms with Crippen LogP contribution in [0.25, 0.3) is 11.3 Å². The molecular weight excluding hydrogens is 538 g/mol. The monoisotopic (exact) mass is 579 g/mol. The fraction of sp³-hybridized carbons (Fsp3) is 0.414. The second-order valence-electron chi connectivity index (χ2n) is 10.5. The number of amides is 2. The van der Waals surface area contributed by atoms with Crippen LogP contribution in [-0.2, 0) is 6.54 Å². The molecule has 42 heavy (non-hydrogen) atoms. The van der Waals surface area contributed by atoms with E-state index in [1.807, 2.05) is 26.1 Å². The standard InChI is InChI=1S/C15H20N2O3.C14H21N7O/c1-6-8-12(7-2)17-14(19)13(9-18)11(3)16(17)10-15(4,5)20;1-3-16-14(22)18-11-9-21-12(17-11)4-5-13(19-21)20-7-6-10(8-20)15-2/h6-9,20H,1-2,10H2,3-5H3;4-5,9-10,15H,3,6-8H2,1-2H3,(H2,16,18,22)/b12-8+;. The number of aldehydes is 1. The third-order valence-electron chi connectivity index (χ3n) is 6.64. The minimum atomic E-state index is -1.03. The van der Waals surface area contributed by atoms with Crippen LogP contribution in [0.3, 0.4) is 0 Å². The van der Waals surface area contributed by atoms with Crippen LogP contribution < -0.4 is 26.4 Å². The van der Waals surface area contributed by atoms with Crippen LogP contribution >= 0.6 is 0 Å². The number of nitrogens with one attached hydrogen (secondary N) is 3. The molecule has 3 aromatic heterocycles. The zero-order valence-electron chi connectivity index (χ0n) is 24.9. The van der Waals surface area contributed by atoms with Gasteiger partial charge in [-0.05, 0) is 65.4 Å². The summed E-state index contributed by atoms with van der Waals surface area (Å²) in [5.74, 6) is 1.41. The molecule has 4 heterocycles. The third-order valence-corrected chi connectivity index (χ3v) is 6.64. The lowest BCUT2D eigenvalue weighted by molar-refractivity contribution is 0.0549. The summed E-state index contributed by atoms with van der Waals surface area (Å²) in [4.78, 5) is 41.5. The molecule has 1 unspecified atom stereocenters. The molecule has 4 rings (SSSR count). The highest BCUT2D eigenvalue weighted by molar-refractivity contribution is 5.88. The molecule has 1 fully saturated rings. The molecule has 2 amide bonds. The van der Waals surface area contributed by atoms with Crippen molar-refractivity contribution in [3.05, 3.63) is 71.3 Å². The topological polar surface area (TPSA) is 151 Å². The quantitative estimate of drug-likeness (QED) is 0.211. The van der Waals surface area contributed by atoms with Crippen LogP contribution in [0, 0.1) is 6.92 Å². The van der Waals surface area contributed by atoms with E-state index in [4.69, 9.17) is 0 Å². The van der Waals surface area contributed by atoms with Crippen LogP contribution in [0.2, 0.25) is 0 Å². The van der Waals surface area contributed by atoms with Crippen molar-refractivity contribution >= 4 is 35.3 Å². The Labute approximate surface area is 245 Å². The highest BCUT2D eigenvalue weighted by Gasteiger charge is 2.24. The summed E-state index contributed by atoms with van der Waals surface area (Å²) in [6.45, 7) is 16.7. The summed E-state index contributed by atoms with van der Waals surface area (Å²) < 4.78 is 4.60. The Morgan fingerprint density at radius 3 is 2.60 bits per heavy atom. The van der Waals surface area contributed by atoms with Gasteiger partial charge in [0.15, 0.2) is 17.8 Å². The van der Waals surface area contributed by atoms with E-state index in [-0.39, 0.29) is 18.1 Å². The molecule has 0 radical (unpaired) electrons. The number of rotatable bonds is 10. The first-order chi connectivity index (χ1) is 20.0. The first kappa shape index (κ1) is 32.0. The van der Waals surface area contributed by atoms with E-state index in [9.17, 15) is 19.5 Å². The summed E-state index contributed by atoms with van der Waals surface area (Å²) in [6, 6.07) is 4.13. The zero-order valence-corrected chi connectivity index (χ0v) is 24.9. The van der Waals surface area contributed by atoms with Gasteiger partial charge in [-0.25, -0.2) is 19.0 Å². The molecule has 4 N–H and O–H groups in total. The number of hydrogen-bond acceptors (Lipinski definition) is 8. The lowest BCUT2D eigenvalue weighted by atomic mass is 10.1. The number of hydrogen-bond donors (Lipinski definition) is 4. The lowest BCUT2D eigenvalue weighted by Gasteiger charge is -2.22. The highest BCUT2D eigenvalue weighted by Crippen LogP contribution is 2.19. The largest absolute Gasteiger partial charge is 0.389 e. The molecule has 1 saturated heterocycles. The number of carbonyl (C=O) groups excluding carboxylic acids is 2. The fourth-order valence-corrected chi connectivity index (χ4v) is 4.59. The summed E-state index contributed by atoms with van der Waals surface area (Å²) >= 11 is 0. The Hall–Kier alpha value is -4.49. The summed E-state index contributed by atoms with van der Waals surface area (Å²) in [5.41, 5.74) is 0.314. The molecule has 0 bridgehead atoms. The number of carbonyl (C=O) groups is 2. The van der Waals surface area contributed by atoms with Gasteiger partial charge in [0.05, 0.1) is 24.0 Å².